The van der Waals surface area contributed by atoms with Gasteiger partial charge < -0.3 is 20.7 Å². The second-order valence-corrected chi connectivity index (χ2v) is 7.88. The molecule has 0 saturated carbocycles. The fourth-order valence-electron chi connectivity index (χ4n) is 2.53. The number of rotatable bonds is 10. The van der Waals surface area contributed by atoms with Gasteiger partial charge in [0, 0.05) is 11.6 Å². The van der Waals surface area contributed by atoms with E-state index in [-0.39, 0.29) is 35.7 Å². The normalized spacial score (nSPS) is 10.6. The van der Waals surface area contributed by atoms with Crippen LogP contribution in [0.3, 0.4) is 0 Å². The summed E-state index contributed by atoms with van der Waals surface area (Å²) in [6.07, 6.45) is 0.139. The predicted octanol–water partition coefficient (Wildman–Crippen LogP) is 3.08. The van der Waals surface area contributed by atoms with E-state index in [9.17, 15) is 14.4 Å². The first kappa shape index (κ1) is 24.7. The molecule has 0 aromatic heterocycles. The first-order valence-electron chi connectivity index (χ1n) is 9.70. The molecule has 0 aliphatic rings. The van der Waals surface area contributed by atoms with E-state index in [4.69, 9.17) is 27.9 Å². The van der Waals surface area contributed by atoms with Crippen LogP contribution in [-0.4, -0.2) is 36.9 Å². The van der Waals surface area contributed by atoms with Crippen molar-refractivity contribution in [1.29, 1.82) is 0 Å². The lowest BCUT2D eigenvalue weighted by atomic mass is 10.1. The monoisotopic (exact) mass is 465 g/mol. The van der Waals surface area contributed by atoms with Crippen LogP contribution in [0.15, 0.2) is 42.5 Å². The lowest BCUT2D eigenvalue weighted by Gasteiger charge is -2.10. The summed E-state index contributed by atoms with van der Waals surface area (Å²) in [5, 5.41) is 8.22. The summed E-state index contributed by atoms with van der Waals surface area (Å²) in [6.45, 7) is 4.28. The lowest BCUT2D eigenvalue weighted by Crippen LogP contribution is -2.41. The average Bonchev–Trinajstić information content (AvgIpc) is 2.73. The molecule has 0 saturated heterocycles. The zero-order valence-corrected chi connectivity index (χ0v) is 18.8. The molecule has 0 bridgehead atoms. The molecule has 3 N–H and O–H groups in total. The van der Waals surface area contributed by atoms with Gasteiger partial charge in [-0.05, 0) is 43.2 Å². The molecule has 3 amide bonds. The van der Waals surface area contributed by atoms with Crippen molar-refractivity contribution in [3.05, 3.63) is 69.2 Å². The van der Waals surface area contributed by atoms with Crippen molar-refractivity contribution in [3.63, 3.8) is 0 Å². The first-order chi connectivity index (χ1) is 14.7. The van der Waals surface area contributed by atoms with Crippen LogP contribution in [0.1, 0.15) is 35.3 Å². The molecular formula is C22H25Cl2N3O4. The molecule has 2 rings (SSSR count). The summed E-state index contributed by atoms with van der Waals surface area (Å²) >= 11 is 11.8. The summed E-state index contributed by atoms with van der Waals surface area (Å²) in [5.74, 6) is -1.35. The number of hydrogen-bond acceptors (Lipinski definition) is 4. The molecule has 2 aromatic carbocycles. The Morgan fingerprint density at radius 3 is 2.29 bits per heavy atom. The standard InChI is InChI=1S/C22H25Cl2N3O4/c1-14(2)31-13-16-5-3-4-15(8-16)10-25-20(28)11-26-21(29)12-27-22(30)18-7-6-17(23)9-19(18)24/h3-9,14H,10-13H2,1-2H3,(H,25,28)(H,26,29)(H,27,30). The van der Waals surface area contributed by atoms with Gasteiger partial charge in [-0.3, -0.25) is 14.4 Å². The molecule has 9 heteroatoms. The Balaban J connectivity index is 1.70. The minimum absolute atomic E-state index is 0.139. The Bertz CT molecular complexity index is 935. The smallest absolute Gasteiger partial charge is 0.253 e. The number of ether oxygens (including phenoxy) is 1. The van der Waals surface area contributed by atoms with E-state index >= 15 is 0 Å². The van der Waals surface area contributed by atoms with Crippen molar-refractivity contribution in [2.24, 2.45) is 0 Å². The van der Waals surface area contributed by atoms with Gasteiger partial charge in [-0.2, -0.15) is 0 Å². The van der Waals surface area contributed by atoms with Crippen LogP contribution < -0.4 is 16.0 Å². The highest BCUT2D eigenvalue weighted by Gasteiger charge is 2.12. The predicted molar refractivity (Wildman–Crippen MR) is 120 cm³/mol. The van der Waals surface area contributed by atoms with Crippen molar-refractivity contribution in [1.82, 2.24) is 16.0 Å². The van der Waals surface area contributed by atoms with Gasteiger partial charge in [0.25, 0.3) is 5.91 Å². The Hall–Kier alpha value is -2.61. The number of carbonyl (C=O) groups excluding carboxylic acids is 3. The highest BCUT2D eigenvalue weighted by Crippen LogP contribution is 2.20. The van der Waals surface area contributed by atoms with Crippen LogP contribution in [-0.2, 0) is 27.5 Å². The van der Waals surface area contributed by atoms with E-state index in [2.05, 4.69) is 16.0 Å². The van der Waals surface area contributed by atoms with Crippen LogP contribution in [0.25, 0.3) is 0 Å². The van der Waals surface area contributed by atoms with Crippen molar-refractivity contribution < 1.29 is 19.1 Å². The van der Waals surface area contributed by atoms with Crippen molar-refractivity contribution in [2.45, 2.75) is 33.1 Å². The Morgan fingerprint density at radius 2 is 1.58 bits per heavy atom. The van der Waals surface area contributed by atoms with Gasteiger partial charge in [-0.15, -0.1) is 0 Å². The minimum atomic E-state index is -0.511. The third-order valence-corrected chi connectivity index (χ3v) is 4.64. The van der Waals surface area contributed by atoms with Crippen LogP contribution >= 0.6 is 23.2 Å². The molecule has 0 aliphatic heterocycles. The summed E-state index contributed by atoms with van der Waals surface area (Å²) in [6, 6.07) is 12.1. The lowest BCUT2D eigenvalue weighted by molar-refractivity contribution is -0.125. The molecule has 0 fully saturated rings. The van der Waals surface area contributed by atoms with Gasteiger partial charge in [0.2, 0.25) is 11.8 Å². The zero-order chi connectivity index (χ0) is 22.8. The van der Waals surface area contributed by atoms with Gasteiger partial charge >= 0.3 is 0 Å². The Morgan fingerprint density at radius 1 is 0.903 bits per heavy atom. The van der Waals surface area contributed by atoms with Crippen LogP contribution in [0, 0.1) is 0 Å². The van der Waals surface area contributed by atoms with Gasteiger partial charge in [-0.25, -0.2) is 0 Å². The van der Waals surface area contributed by atoms with E-state index in [0.717, 1.165) is 11.1 Å². The topological polar surface area (TPSA) is 96.5 Å². The zero-order valence-electron chi connectivity index (χ0n) is 17.3. The fourth-order valence-corrected chi connectivity index (χ4v) is 3.02. The second kappa shape index (κ2) is 12.3. The second-order valence-electron chi connectivity index (χ2n) is 7.04. The van der Waals surface area contributed by atoms with E-state index in [1.165, 1.54) is 18.2 Å². The number of carbonyl (C=O) groups is 3. The van der Waals surface area contributed by atoms with Gasteiger partial charge in [0.1, 0.15) is 0 Å². The average molecular weight is 466 g/mol. The van der Waals surface area contributed by atoms with E-state index in [0.29, 0.717) is 18.2 Å². The molecule has 0 aliphatic carbocycles. The summed E-state index contributed by atoms with van der Waals surface area (Å²) in [7, 11) is 0. The van der Waals surface area contributed by atoms with E-state index in [1.54, 1.807) is 0 Å². The third kappa shape index (κ3) is 8.96. The maximum Gasteiger partial charge on any atom is 0.253 e. The van der Waals surface area contributed by atoms with E-state index in [1.807, 2.05) is 38.1 Å². The summed E-state index contributed by atoms with van der Waals surface area (Å²) in [5.41, 5.74) is 2.15. The number of halogens is 2. The summed E-state index contributed by atoms with van der Waals surface area (Å²) < 4.78 is 5.58. The molecule has 0 atom stereocenters. The SMILES string of the molecule is CC(C)OCc1cccc(CNC(=O)CNC(=O)CNC(=O)c2ccc(Cl)cc2Cl)c1. The number of benzene rings is 2. The van der Waals surface area contributed by atoms with Crippen molar-refractivity contribution >= 4 is 40.9 Å². The largest absolute Gasteiger partial charge is 0.374 e. The van der Waals surface area contributed by atoms with Crippen molar-refractivity contribution in [3.8, 4) is 0 Å². The Labute approximate surface area is 191 Å². The molecule has 0 spiro atoms. The quantitative estimate of drug-likeness (QED) is 0.502. The minimum Gasteiger partial charge on any atom is -0.374 e. The number of amides is 3. The van der Waals surface area contributed by atoms with Crippen molar-refractivity contribution in [2.75, 3.05) is 13.1 Å². The number of hydrogen-bond donors (Lipinski definition) is 3. The van der Waals surface area contributed by atoms with Crippen LogP contribution in [0.2, 0.25) is 10.0 Å². The highest BCUT2D eigenvalue weighted by molar-refractivity contribution is 6.36. The third-order valence-electron chi connectivity index (χ3n) is 4.10. The van der Waals surface area contributed by atoms with Gasteiger partial charge in [0.05, 0.1) is 36.4 Å². The van der Waals surface area contributed by atoms with E-state index < -0.39 is 11.8 Å². The number of nitrogens with one attached hydrogen (secondary N) is 3. The summed E-state index contributed by atoms with van der Waals surface area (Å²) in [4.78, 5) is 36.0. The molecule has 31 heavy (non-hydrogen) atoms. The highest BCUT2D eigenvalue weighted by atomic mass is 35.5. The first-order valence-corrected chi connectivity index (χ1v) is 10.5. The van der Waals surface area contributed by atoms with Crippen LogP contribution in [0.5, 0.6) is 0 Å². The molecule has 0 unspecified atom stereocenters. The molecular weight excluding hydrogens is 441 g/mol. The van der Waals surface area contributed by atoms with Crippen LogP contribution in [0.4, 0.5) is 0 Å². The maximum absolute atomic E-state index is 12.1. The molecule has 0 radical (unpaired) electrons. The maximum atomic E-state index is 12.1. The Kier molecular flexibility index (Phi) is 9.78. The molecule has 0 heterocycles. The fraction of sp³-hybridized carbons (Fsp3) is 0.318. The van der Waals surface area contributed by atoms with Gasteiger partial charge in [0.15, 0.2) is 0 Å². The molecule has 7 nitrogen and oxygen atoms in total. The van der Waals surface area contributed by atoms with Gasteiger partial charge in [-0.1, -0.05) is 47.5 Å². The molecule has 166 valence electrons. The molecule has 2 aromatic rings.